The van der Waals surface area contributed by atoms with Gasteiger partial charge in [-0.1, -0.05) is 30.4 Å². The number of benzene rings is 2. The van der Waals surface area contributed by atoms with Crippen LogP contribution in [0.15, 0.2) is 83.2 Å². The fraction of sp³-hybridized carbons (Fsp3) is 0.0435. The summed E-state index contributed by atoms with van der Waals surface area (Å²) in [6, 6.07) is 11.1. The number of para-hydroxylation sites is 1. The lowest BCUT2D eigenvalue weighted by atomic mass is 10.0. The molecule has 0 saturated heterocycles. The number of fused-ring (bicyclic) bond motifs is 1. The Kier molecular flexibility index (Phi) is 4.98. The number of aromatic nitrogens is 2. The first-order chi connectivity index (χ1) is 14.7. The monoisotopic (exact) mass is 420 g/mol. The Balaban J connectivity index is 1.91. The molecule has 1 aliphatic carbocycles. The van der Waals surface area contributed by atoms with Crippen molar-refractivity contribution in [2.75, 3.05) is 0 Å². The minimum absolute atomic E-state index is 0.0314. The fourth-order valence-electron chi connectivity index (χ4n) is 3.17. The highest BCUT2D eigenvalue weighted by atomic mass is 19.4. The molecule has 2 N–H and O–H groups in total. The van der Waals surface area contributed by atoms with E-state index in [-0.39, 0.29) is 28.3 Å². The smallest absolute Gasteiger partial charge is 0.299 e. The molecule has 0 saturated carbocycles. The van der Waals surface area contributed by atoms with E-state index >= 15 is 0 Å². The molecule has 1 aromatic heterocycles. The maximum Gasteiger partial charge on any atom is 0.416 e. The molecule has 1 aliphatic rings. The normalized spacial score (nSPS) is 14.5. The van der Waals surface area contributed by atoms with E-state index < -0.39 is 17.3 Å². The first kappa shape index (κ1) is 20.2. The number of nitrogens with zero attached hydrogens (tertiary/aromatic N) is 2. The van der Waals surface area contributed by atoms with Crippen LogP contribution in [0, 0.1) is 10.8 Å². The van der Waals surface area contributed by atoms with Gasteiger partial charge in [0.2, 0.25) is 0 Å². The lowest BCUT2D eigenvalue weighted by Gasteiger charge is -2.14. The molecule has 31 heavy (non-hydrogen) atoms. The maximum absolute atomic E-state index is 13.2. The largest absolute Gasteiger partial charge is 0.416 e. The second-order valence-electron chi connectivity index (χ2n) is 6.81. The molecule has 0 aliphatic heterocycles. The van der Waals surface area contributed by atoms with Crippen LogP contribution in [0.5, 0.6) is 0 Å². The lowest BCUT2D eigenvalue weighted by molar-refractivity contribution is -0.137. The number of alkyl halides is 3. The molecule has 154 valence electrons. The molecule has 1 heterocycles. The van der Waals surface area contributed by atoms with Crippen molar-refractivity contribution in [2.45, 2.75) is 6.18 Å². The summed E-state index contributed by atoms with van der Waals surface area (Å²) < 4.78 is 40.8. The topological polar surface area (TPSA) is 82.6 Å². The highest BCUT2D eigenvalue weighted by molar-refractivity contribution is 6.49. The van der Waals surface area contributed by atoms with Gasteiger partial charge < -0.3 is 0 Å². The summed E-state index contributed by atoms with van der Waals surface area (Å²) in [7, 11) is 0. The molecule has 0 radical (unpaired) electrons. The third-order valence-corrected chi connectivity index (χ3v) is 4.70. The van der Waals surface area contributed by atoms with Crippen LogP contribution >= 0.6 is 0 Å². The molecule has 4 rings (SSSR count). The van der Waals surface area contributed by atoms with Gasteiger partial charge >= 0.3 is 6.18 Å². The third-order valence-electron chi connectivity index (χ3n) is 4.70. The van der Waals surface area contributed by atoms with Gasteiger partial charge in [0.05, 0.1) is 33.6 Å². The van der Waals surface area contributed by atoms with Crippen molar-refractivity contribution in [3.8, 4) is 5.69 Å². The van der Waals surface area contributed by atoms with E-state index in [2.05, 4.69) is 4.98 Å². The third kappa shape index (κ3) is 4.00. The zero-order valence-electron chi connectivity index (χ0n) is 15.9. The number of halogens is 3. The average molecular weight is 420 g/mol. The van der Waals surface area contributed by atoms with E-state index in [0.717, 1.165) is 16.7 Å². The quantitative estimate of drug-likeness (QED) is 0.588. The zero-order chi connectivity index (χ0) is 22.2. The Morgan fingerprint density at radius 3 is 2.45 bits per heavy atom. The molecule has 5 nitrogen and oxygen atoms in total. The standard InChI is InChI=1S/C23H15F3N4O/c24-23(25,26)15-4-3-5-16(13-15)30-21(11-9-14-8-10-18(27)19(28)12-14)29-20-7-2-1-6-17(20)22(30)31/h1-13,27-28H/b11-9+,27-18?,28-19?. The molecule has 0 amide bonds. The van der Waals surface area contributed by atoms with E-state index in [0.29, 0.717) is 11.1 Å². The van der Waals surface area contributed by atoms with Gasteiger partial charge in [0, 0.05) is 0 Å². The fourth-order valence-corrected chi connectivity index (χ4v) is 3.17. The number of hydrogen-bond acceptors (Lipinski definition) is 4. The first-order valence-electron chi connectivity index (χ1n) is 9.19. The molecular formula is C23H15F3N4O. The van der Waals surface area contributed by atoms with Gasteiger partial charge in [-0.15, -0.1) is 0 Å². The second-order valence-corrected chi connectivity index (χ2v) is 6.81. The van der Waals surface area contributed by atoms with Crippen molar-refractivity contribution in [1.82, 2.24) is 9.55 Å². The van der Waals surface area contributed by atoms with Gasteiger partial charge in [0.15, 0.2) is 0 Å². The molecule has 0 spiro atoms. The Morgan fingerprint density at radius 2 is 1.71 bits per heavy atom. The zero-order valence-corrected chi connectivity index (χ0v) is 15.9. The van der Waals surface area contributed by atoms with Crippen molar-refractivity contribution in [1.29, 1.82) is 10.8 Å². The van der Waals surface area contributed by atoms with Gasteiger partial charge in [-0.2, -0.15) is 13.2 Å². The van der Waals surface area contributed by atoms with Crippen molar-refractivity contribution in [2.24, 2.45) is 0 Å². The number of rotatable bonds is 3. The summed E-state index contributed by atoms with van der Waals surface area (Å²) in [5, 5.41) is 15.6. The van der Waals surface area contributed by atoms with Crippen LogP contribution in [-0.2, 0) is 6.18 Å². The molecular weight excluding hydrogens is 405 g/mol. The van der Waals surface area contributed by atoms with Crippen molar-refractivity contribution >= 4 is 28.4 Å². The molecule has 0 atom stereocenters. The van der Waals surface area contributed by atoms with Crippen LogP contribution in [0.25, 0.3) is 22.7 Å². The van der Waals surface area contributed by atoms with E-state index in [1.807, 2.05) is 0 Å². The van der Waals surface area contributed by atoms with Crippen LogP contribution in [0.4, 0.5) is 13.2 Å². The van der Waals surface area contributed by atoms with E-state index in [1.165, 1.54) is 30.4 Å². The predicted octanol–water partition coefficient (Wildman–Crippen LogP) is 4.95. The van der Waals surface area contributed by atoms with Crippen LogP contribution in [-0.4, -0.2) is 21.0 Å². The highest BCUT2D eigenvalue weighted by Gasteiger charge is 2.30. The van der Waals surface area contributed by atoms with Gasteiger partial charge in [-0.3, -0.25) is 20.2 Å². The minimum Gasteiger partial charge on any atom is -0.299 e. The van der Waals surface area contributed by atoms with Gasteiger partial charge in [0.1, 0.15) is 5.82 Å². The summed E-state index contributed by atoms with van der Waals surface area (Å²) in [4.78, 5) is 17.6. The Labute approximate surface area is 174 Å². The summed E-state index contributed by atoms with van der Waals surface area (Å²) in [6.45, 7) is 0. The van der Waals surface area contributed by atoms with Crippen molar-refractivity contribution in [3.63, 3.8) is 0 Å². The SMILES string of the molecule is N=C1C=CC(/C=C/c2nc3ccccc3c(=O)n2-c2cccc(C(F)(F)F)c2)=CC1=N. The predicted molar refractivity (Wildman–Crippen MR) is 114 cm³/mol. The molecule has 2 aromatic carbocycles. The minimum atomic E-state index is -4.55. The van der Waals surface area contributed by atoms with Gasteiger partial charge in [-0.25, -0.2) is 4.98 Å². The lowest BCUT2D eigenvalue weighted by Crippen LogP contribution is -2.22. The number of hydrogen-bond donors (Lipinski definition) is 2. The Morgan fingerprint density at radius 1 is 0.935 bits per heavy atom. The molecule has 0 bridgehead atoms. The summed E-state index contributed by atoms with van der Waals surface area (Å²) in [6.07, 6.45) is 3.13. The summed E-state index contributed by atoms with van der Waals surface area (Å²) in [5.41, 5.74) is -0.208. The van der Waals surface area contributed by atoms with E-state index in [4.69, 9.17) is 10.8 Å². The highest BCUT2D eigenvalue weighted by Crippen LogP contribution is 2.30. The molecule has 3 aromatic rings. The van der Waals surface area contributed by atoms with Gasteiger partial charge in [0.25, 0.3) is 5.56 Å². The Hall–Kier alpha value is -4.07. The van der Waals surface area contributed by atoms with E-state index in [1.54, 1.807) is 36.4 Å². The van der Waals surface area contributed by atoms with Crippen LogP contribution in [0.3, 0.4) is 0 Å². The van der Waals surface area contributed by atoms with Crippen LogP contribution < -0.4 is 5.56 Å². The molecule has 0 unspecified atom stereocenters. The van der Waals surface area contributed by atoms with Gasteiger partial charge in [-0.05, 0) is 54.1 Å². The van der Waals surface area contributed by atoms with Crippen LogP contribution in [0.2, 0.25) is 0 Å². The Bertz CT molecular complexity index is 1380. The first-order valence-corrected chi connectivity index (χ1v) is 9.19. The number of nitrogens with one attached hydrogen (secondary N) is 2. The second kappa shape index (κ2) is 7.64. The van der Waals surface area contributed by atoms with Crippen molar-refractivity contribution in [3.05, 3.63) is 100 Å². The number of allylic oxidation sites excluding steroid dienone is 5. The van der Waals surface area contributed by atoms with Crippen molar-refractivity contribution < 1.29 is 13.2 Å². The van der Waals surface area contributed by atoms with Crippen LogP contribution in [0.1, 0.15) is 11.4 Å². The van der Waals surface area contributed by atoms with E-state index in [9.17, 15) is 18.0 Å². The maximum atomic E-state index is 13.2. The summed E-state index contributed by atoms with van der Waals surface area (Å²) >= 11 is 0. The molecule has 8 heteroatoms. The molecule has 0 fully saturated rings. The summed E-state index contributed by atoms with van der Waals surface area (Å²) in [5.74, 6) is 0.143. The average Bonchev–Trinajstić information content (AvgIpc) is 2.74.